The minimum atomic E-state index is -4.47. The second kappa shape index (κ2) is 7.91. The fourth-order valence-corrected chi connectivity index (χ4v) is 4.63. The van der Waals surface area contributed by atoms with Crippen LogP contribution >= 0.6 is 0 Å². The van der Waals surface area contributed by atoms with E-state index in [2.05, 4.69) is 5.16 Å². The van der Waals surface area contributed by atoms with Gasteiger partial charge in [-0.05, 0) is 49.6 Å². The number of carbonyl (C=O) groups is 1. The molecule has 1 aromatic heterocycles. The summed E-state index contributed by atoms with van der Waals surface area (Å²) >= 11 is 0. The van der Waals surface area contributed by atoms with Gasteiger partial charge in [-0.3, -0.25) is 4.79 Å². The summed E-state index contributed by atoms with van der Waals surface area (Å²) in [5, 5.41) is 14.5. The van der Waals surface area contributed by atoms with Crippen LogP contribution in [0.3, 0.4) is 0 Å². The number of carbonyl (C=O) groups excluding carboxylic acids is 1. The third-order valence-corrected chi connectivity index (χ3v) is 6.25. The molecule has 1 N–H and O–H groups in total. The number of aryl methyl sites for hydroxylation is 1. The van der Waals surface area contributed by atoms with E-state index in [1.54, 1.807) is 17.0 Å². The van der Waals surface area contributed by atoms with E-state index < -0.39 is 17.8 Å². The van der Waals surface area contributed by atoms with Crippen LogP contribution in [-0.2, 0) is 10.9 Å². The van der Waals surface area contributed by atoms with Gasteiger partial charge in [-0.25, -0.2) is 0 Å². The molecule has 2 aliphatic heterocycles. The minimum absolute atomic E-state index is 0.0392. The number of aromatic hydroxyl groups is 1. The van der Waals surface area contributed by atoms with Gasteiger partial charge < -0.3 is 19.3 Å². The summed E-state index contributed by atoms with van der Waals surface area (Å²) in [4.78, 5) is 15.1. The lowest BCUT2D eigenvalue weighted by molar-refractivity contribution is -0.137. The first-order chi connectivity index (χ1) is 15.8. The first-order valence-electron chi connectivity index (χ1n) is 10.6. The van der Waals surface area contributed by atoms with Gasteiger partial charge in [0.05, 0.1) is 22.7 Å². The summed E-state index contributed by atoms with van der Waals surface area (Å²) in [7, 11) is 0. The fourth-order valence-electron chi connectivity index (χ4n) is 4.63. The summed E-state index contributed by atoms with van der Waals surface area (Å²) in [6.45, 7) is 2.83. The lowest BCUT2D eigenvalue weighted by Crippen LogP contribution is -2.42. The summed E-state index contributed by atoms with van der Waals surface area (Å²) in [6, 6.07) is 8.92. The first kappa shape index (κ1) is 21.5. The number of alkyl halides is 3. The second-order valence-corrected chi connectivity index (χ2v) is 8.37. The highest BCUT2D eigenvalue weighted by atomic mass is 19.4. The maximum Gasteiger partial charge on any atom is 0.416 e. The first-order valence-corrected chi connectivity index (χ1v) is 10.6. The number of aromatic nitrogens is 1. The van der Waals surface area contributed by atoms with Gasteiger partial charge in [-0.15, -0.1) is 0 Å². The Morgan fingerprint density at radius 2 is 1.79 bits per heavy atom. The molecule has 1 fully saturated rings. The van der Waals surface area contributed by atoms with E-state index in [9.17, 15) is 23.1 Å². The molecule has 0 spiro atoms. The maximum atomic E-state index is 13.4. The van der Waals surface area contributed by atoms with Crippen molar-refractivity contribution in [3.63, 3.8) is 0 Å². The molecule has 0 saturated carbocycles. The van der Waals surface area contributed by atoms with Crippen LogP contribution in [0.1, 0.15) is 51.6 Å². The number of benzene rings is 2. The monoisotopic (exact) mass is 458 g/mol. The summed E-state index contributed by atoms with van der Waals surface area (Å²) < 4.78 is 50.4. The van der Waals surface area contributed by atoms with E-state index in [0.29, 0.717) is 42.7 Å². The Labute approximate surface area is 187 Å². The van der Waals surface area contributed by atoms with Crippen LogP contribution in [-0.4, -0.2) is 40.3 Å². The molecule has 3 heterocycles. The Hall–Kier alpha value is -3.33. The molecule has 172 valence electrons. The maximum absolute atomic E-state index is 13.4. The molecular formula is C24H21F3N2O4. The van der Waals surface area contributed by atoms with Crippen molar-refractivity contribution in [2.24, 2.45) is 0 Å². The molecule has 0 unspecified atom stereocenters. The van der Waals surface area contributed by atoms with Crippen molar-refractivity contribution in [2.75, 3.05) is 13.2 Å². The number of phenols is 1. The number of hydrogen-bond acceptors (Lipinski definition) is 5. The number of ether oxygens (including phenoxy) is 1. The van der Waals surface area contributed by atoms with Gasteiger partial charge in [0.25, 0.3) is 5.91 Å². The van der Waals surface area contributed by atoms with Crippen molar-refractivity contribution < 1.29 is 32.3 Å². The van der Waals surface area contributed by atoms with Gasteiger partial charge in [-0.1, -0.05) is 28.9 Å². The molecule has 1 saturated heterocycles. The average molecular weight is 458 g/mol. The van der Waals surface area contributed by atoms with E-state index in [1.807, 2.05) is 6.92 Å². The van der Waals surface area contributed by atoms with Crippen molar-refractivity contribution in [3.05, 3.63) is 70.4 Å². The summed E-state index contributed by atoms with van der Waals surface area (Å²) in [5.74, 6) is -0.148. The lowest BCUT2D eigenvalue weighted by atomic mass is 9.93. The van der Waals surface area contributed by atoms with Crippen LogP contribution in [0.5, 0.6) is 5.75 Å². The molecule has 33 heavy (non-hydrogen) atoms. The topological polar surface area (TPSA) is 75.8 Å². The van der Waals surface area contributed by atoms with Gasteiger partial charge in [-0.2, -0.15) is 13.2 Å². The number of phenolic OH excluding ortho intramolecular Hbond substituents is 1. The third kappa shape index (κ3) is 3.66. The molecule has 0 aliphatic carbocycles. The zero-order valence-electron chi connectivity index (χ0n) is 17.7. The number of amides is 1. The molecule has 1 amide bonds. The van der Waals surface area contributed by atoms with Gasteiger partial charge in [0.15, 0.2) is 11.5 Å². The van der Waals surface area contributed by atoms with Crippen molar-refractivity contribution in [3.8, 4) is 17.1 Å². The number of nitrogens with zero attached hydrogens (tertiary/aromatic N) is 2. The van der Waals surface area contributed by atoms with Crippen LogP contribution in [0.15, 0.2) is 47.0 Å². The molecule has 0 bridgehead atoms. The van der Waals surface area contributed by atoms with Crippen LogP contribution in [0.2, 0.25) is 0 Å². The molecule has 1 atom stereocenters. The van der Waals surface area contributed by atoms with Crippen LogP contribution in [0.25, 0.3) is 11.3 Å². The molecule has 9 heteroatoms. The van der Waals surface area contributed by atoms with Crippen molar-refractivity contribution >= 4 is 5.91 Å². The fraction of sp³-hybridized carbons (Fsp3) is 0.333. The van der Waals surface area contributed by atoms with Crippen molar-refractivity contribution in [1.82, 2.24) is 10.1 Å². The Kier molecular flexibility index (Phi) is 5.16. The minimum Gasteiger partial charge on any atom is -0.507 e. The molecule has 3 aromatic rings. The standard InChI is InChI=1S/C24H21F3N2O4/c1-13-2-7-18(30)17(12-13)22-19-20(28-33-22)23(31)29(16-8-10-32-11-9-16)21(19)14-3-5-15(6-4-14)24(25,26)27/h2-7,12,16,21,30H,8-11H2,1H3/t21-/m1/s1. The molecule has 2 aliphatic rings. The zero-order valence-corrected chi connectivity index (χ0v) is 17.7. The van der Waals surface area contributed by atoms with Gasteiger partial charge >= 0.3 is 6.18 Å². The SMILES string of the molecule is Cc1ccc(O)c(-c2onc3c2[C@@H](c2ccc(C(F)(F)F)cc2)N(C2CCOCC2)C3=O)c1. The molecular weight excluding hydrogens is 437 g/mol. The van der Waals surface area contributed by atoms with Crippen molar-refractivity contribution in [2.45, 2.75) is 38.0 Å². The number of fused-ring (bicyclic) bond motifs is 1. The van der Waals surface area contributed by atoms with Crippen LogP contribution in [0, 0.1) is 6.92 Å². The third-order valence-electron chi connectivity index (χ3n) is 6.25. The predicted molar refractivity (Wildman–Crippen MR) is 112 cm³/mol. The van der Waals surface area contributed by atoms with E-state index in [-0.39, 0.29) is 29.2 Å². The molecule has 2 aromatic carbocycles. The number of hydrogen-bond donors (Lipinski definition) is 1. The van der Waals surface area contributed by atoms with E-state index in [0.717, 1.165) is 17.7 Å². The predicted octanol–water partition coefficient (Wildman–Crippen LogP) is 5.10. The second-order valence-electron chi connectivity index (χ2n) is 8.37. The molecule has 0 radical (unpaired) electrons. The average Bonchev–Trinajstić information content (AvgIpc) is 3.34. The Morgan fingerprint density at radius 1 is 1.09 bits per heavy atom. The Morgan fingerprint density at radius 3 is 2.45 bits per heavy atom. The highest BCUT2D eigenvalue weighted by Gasteiger charge is 2.47. The highest BCUT2D eigenvalue weighted by molar-refractivity contribution is 6.00. The van der Waals surface area contributed by atoms with E-state index in [1.165, 1.54) is 18.2 Å². The van der Waals surface area contributed by atoms with Crippen molar-refractivity contribution in [1.29, 1.82) is 0 Å². The normalized spacial score (nSPS) is 19.2. The van der Waals surface area contributed by atoms with Gasteiger partial charge in [0.2, 0.25) is 0 Å². The summed E-state index contributed by atoms with van der Waals surface area (Å²) in [6.07, 6.45) is -3.25. The van der Waals surface area contributed by atoms with Gasteiger partial charge in [0, 0.05) is 19.3 Å². The highest BCUT2D eigenvalue weighted by Crippen LogP contribution is 2.47. The Balaban J connectivity index is 1.66. The van der Waals surface area contributed by atoms with Crippen LogP contribution < -0.4 is 0 Å². The van der Waals surface area contributed by atoms with Gasteiger partial charge in [0.1, 0.15) is 5.75 Å². The molecule has 6 nitrogen and oxygen atoms in total. The summed E-state index contributed by atoms with van der Waals surface area (Å²) in [5.41, 5.74) is 1.55. The largest absolute Gasteiger partial charge is 0.507 e. The smallest absolute Gasteiger partial charge is 0.416 e. The number of halogens is 3. The Bertz CT molecular complexity index is 1200. The zero-order chi connectivity index (χ0) is 23.3. The quantitative estimate of drug-likeness (QED) is 0.591. The molecule has 5 rings (SSSR count). The van der Waals surface area contributed by atoms with E-state index in [4.69, 9.17) is 9.26 Å². The lowest BCUT2D eigenvalue weighted by Gasteiger charge is -2.36. The van der Waals surface area contributed by atoms with Crippen LogP contribution in [0.4, 0.5) is 13.2 Å². The number of rotatable bonds is 3. The van der Waals surface area contributed by atoms with E-state index >= 15 is 0 Å².